The molecule has 0 radical (unpaired) electrons. The van der Waals surface area contributed by atoms with Gasteiger partial charge in [0.1, 0.15) is 29.2 Å². The number of aryl methyl sites for hydroxylation is 1. The number of fused-ring (bicyclic) bond motifs is 1. The molecule has 94 heavy (non-hydrogen) atoms. The van der Waals surface area contributed by atoms with Gasteiger partial charge in [0.2, 0.25) is 34.9 Å². The number of anilines is 4. The molecule has 0 saturated heterocycles. The average Bonchev–Trinajstić information content (AvgIpc) is 1.52. The minimum atomic E-state index is -4.46. The molecule has 0 fully saturated rings. The number of carboxylic acids is 1. The Morgan fingerprint density at radius 2 is 1.53 bits per heavy atom. The molecule has 7 rings (SSSR count). The number of benzene rings is 2. The molecule has 8 N–H and O–H groups in total. The largest absolute Gasteiger partial charge is 0.489 e. The minimum Gasteiger partial charge on any atom is -0.489 e. The predicted octanol–water partition coefficient (Wildman–Crippen LogP) is 6.52. The fourth-order valence-corrected chi connectivity index (χ4v) is 9.47. The first-order chi connectivity index (χ1) is 44.0. The van der Waals surface area contributed by atoms with Crippen LogP contribution in [0, 0.1) is 12.7 Å². The number of esters is 1. The van der Waals surface area contributed by atoms with Crippen molar-refractivity contribution in [1.29, 1.82) is 0 Å². The maximum atomic E-state index is 14.2. The molecule has 42 heteroatoms. The second-order valence-electron chi connectivity index (χ2n) is 19.0. The SMILES string of the molecule is CC1COc2ccccc2N1C(=O)C(Cl)Cl.CCNc1nc(Cl)nc(NC(C)C)n1.CCOC(=O)C(Cl)Cc1cc(-n2nc(C)n(C(F)F)c2=O)c(F)cc1Cl.COc1cc(OC)nc(NC(=O)NS(=O)(=O)c2ncccc2C(=O)N(C)C)n1.O=C(O)CNCP(=O)(O)O. The van der Waals surface area contributed by atoms with Gasteiger partial charge in [0, 0.05) is 44.3 Å². The summed E-state index contributed by atoms with van der Waals surface area (Å²) in [6.07, 6.45) is 0.476. The number of aromatic nitrogens is 9. The zero-order valence-corrected chi connectivity index (χ0v) is 56.8. The molecule has 4 aromatic heterocycles. The molecule has 516 valence electrons. The molecule has 32 nitrogen and oxygen atoms in total. The molecule has 0 aliphatic carbocycles. The van der Waals surface area contributed by atoms with Crippen molar-refractivity contribution in [2.45, 2.75) is 81.8 Å². The first kappa shape index (κ1) is 80.3. The van der Waals surface area contributed by atoms with Gasteiger partial charge in [-0.25, -0.2) is 28.3 Å². The third kappa shape index (κ3) is 25.4. The number of para-hydroxylation sites is 2. The number of methoxy groups -OCH3 is 2. The van der Waals surface area contributed by atoms with Gasteiger partial charge in [-0.1, -0.05) is 46.9 Å². The second kappa shape index (κ2) is 37.8. The number of hydrogen-bond donors (Lipinski definition) is 8. The van der Waals surface area contributed by atoms with Crippen LogP contribution in [0.2, 0.25) is 10.3 Å². The summed E-state index contributed by atoms with van der Waals surface area (Å²) < 4.78 is 97.8. The van der Waals surface area contributed by atoms with E-state index >= 15 is 0 Å². The smallest absolute Gasteiger partial charge is 0.355 e. The van der Waals surface area contributed by atoms with E-state index in [1.165, 1.54) is 64.5 Å². The van der Waals surface area contributed by atoms with Crippen LogP contribution in [0.15, 0.2) is 70.6 Å². The van der Waals surface area contributed by atoms with Crippen LogP contribution in [0.1, 0.15) is 62.9 Å². The first-order valence-electron chi connectivity index (χ1n) is 26.9. The number of nitrogens with one attached hydrogen (secondary N) is 5. The molecule has 1 aliphatic heterocycles. The van der Waals surface area contributed by atoms with Crippen molar-refractivity contribution in [3.63, 3.8) is 0 Å². The van der Waals surface area contributed by atoms with E-state index in [0.29, 0.717) is 28.9 Å². The number of carbonyl (C=O) groups is 5. The van der Waals surface area contributed by atoms with Crippen molar-refractivity contribution in [3.8, 4) is 23.2 Å². The maximum absolute atomic E-state index is 14.2. The first-order valence-corrected chi connectivity index (χ1v) is 32.3. The molecule has 0 saturated carbocycles. The van der Waals surface area contributed by atoms with Crippen molar-refractivity contribution in [3.05, 3.63) is 104 Å². The number of halogens is 8. The van der Waals surface area contributed by atoms with E-state index in [4.69, 9.17) is 91.8 Å². The van der Waals surface area contributed by atoms with Gasteiger partial charge in [-0.15, -0.1) is 16.7 Å². The van der Waals surface area contributed by atoms with E-state index < -0.39 is 87.6 Å². The number of rotatable bonds is 21. The summed E-state index contributed by atoms with van der Waals surface area (Å²) in [7, 11) is -2.94. The Hall–Kier alpha value is -7.93. The summed E-state index contributed by atoms with van der Waals surface area (Å²) in [5.74, 6) is -2.36. The third-order valence-corrected chi connectivity index (χ3v) is 14.2. The number of pyridine rings is 1. The summed E-state index contributed by atoms with van der Waals surface area (Å²) in [5.41, 5.74) is -0.834. The number of carbonyl (C=O) groups excluding carboxylic acids is 4. The molecule has 2 aromatic carbocycles. The number of aliphatic carboxylic acids is 1. The lowest BCUT2D eigenvalue weighted by Gasteiger charge is -2.35. The third-order valence-electron chi connectivity index (χ3n) is 11.1. The van der Waals surface area contributed by atoms with Crippen LogP contribution in [0.3, 0.4) is 0 Å². The Morgan fingerprint density at radius 3 is 2.07 bits per heavy atom. The standard InChI is InChI=1S/C15H14Cl2F3N3O3.C15H18N6O6S.C11H11Cl2NO2.C8H14ClN5.C3H8NO5P/c1-3-26-13(24)10(17)4-8-5-12(11(18)6-9(8)16)23-15(25)22(14(19)20)7(2)21-23;1-21(2)13(22)9-6-5-7-16-12(9)28(24,25)20-15(23)19-14-17-10(26-3)8-11(18-14)27-4;1-7-6-16-9-5-3-2-4-8(9)14(7)11(15)10(12)13;1-4-10-7-12-6(9)13-8(14-7)11-5(2)3;5-3(6)1-4-2-10(7,8)9/h5-6,10,14H,3-4H2,1-2H3;5-8H,1-4H3,(H2,17,18,19,20,23);2-5,7,10H,6H2,1H3;5H,4H2,1-3H3,(H2,10,11,12,13,14);4H,1-2H2,(H,5,6)(H2,7,8,9). The van der Waals surface area contributed by atoms with Gasteiger partial charge in [-0.3, -0.25) is 34.4 Å². The van der Waals surface area contributed by atoms with Gasteiger partial charge >= 0.3 is 37.8 Å². The van der Waals surface area contributed by atoms with Crippen LogP contribution in [0.5, 0.6) is 17.5 Å². The number of urea groups is 1. The topological polar surface area (TPSA) is 418 Å². The Bertz CT molecular complexity index is 3790. The number of hydrogen-bond acceptors (Lipinski definition) is 23. The quantitative estimate of drug-likeness (QED) is 0.0216. The molecular formula is C52H65Cl5F3N16O16PS. The van der Waals surface area contributed by atoms with Gasteiger partial charge < -0.3 is 54.3 Å². The molecule has 5 heterocycles. The normalized spacial score (nSPS) is 12.7. The van der Waals surface area contributed by atoms with Crippen molar-refractivity contribution >= 4 is 129 Å². The van der Waals surface area contributed by atoms with E-state index in [2.05, 4.69) is 56.3 Å². The molecule has 0 bridgehead atoms. The summed E-state index contributed by atoms with van der Waals surface area (Å²) in [5, 5.41) is 20.4. The molecule has 1 aliphatic rings. The Balaban J connectivity index is 0.000000321. The fourth-order valence-electron chi connectivity index (χ4n) is 7.20. The van der Waals surface area contributed by atoms with E-state index in [1.807, 2.05) is 52.0 Å². The van der Waals surface area contributed by atoms with Gasteiger partial charge in [-0.2, -0.15) is 46.8 Å². The highest BCUT2D eigenvalue weighted by Crippen LogP contribution is 2.35. The number of carboxylic acid groups (broad SMARTS) is 1. The minimum absolute atomic E-state index is 0.0424. The van der Waals surface area contributed by atoms with E-state index in [-0.39, 0.29) is 86.2 Å². The van der Waals surface area contributed by atoms with Crippen LogP contribution in [0.4, 0.5) is 41.5 Å². The lowest BCUT2D eigenvalue weighted by atomic mass is 10.1. The van der Waals surface area contributed by atoms with E-state index in [0.717, 1.165) is 24.4 Å². The second-order valence-corrected chi connectivity index (χ2v) is 24.6. The fraction of sp³-hybridized carbons (Fsp3) is 0.404. The lowest BCUT2D eigenvalue weighted by Crippen LogP contribution is -2.47. The van der Waals surface area contributed by atoms with Crippen molar-refractivity contribution in [2.75, 3.05) is 81.8 Å². The number of amides is 4. The zero-order chi connectivity index (χ0) is 70.9. The Kier molecular flexibility index (Phi) is 32.3. The number of ether oxygens (including phenoxy) is 4. The number of alkyl halides is 5. The van der Waals surface area contributed by atoms with E-state index in [1.54, 1.807) is 16.5 Å². The van der Waals surface area contributed by atoms with Crippen molar-refractivity contribution in [1.82, 2.24) is 59.2 Å². The van der Waals surface area contributed by atoms with Crippen molar-refractivity contribution in [2.24, 2.45) is 0 Å². The highest BCUT2D eigenvalue weighted by Gasteiger charge is 2.33. The summed E-state index contributed by atoms with van der Waals surface area (Å²) in [6.45, 7) is 8.43. The van der Waals surface area contributed by atoms with Crippen molar-refractivity contribution < 1.29 is 84.0 Å². The molecule has 2 unspecified atom stereocenters. The Morgan fingerprint density at radius 1 is 0.904 bits per heavy atom. The van der Waals surface area contributed by atoms with Gasteiger partial charge in [0.25, 0.3) is 21.8 Å². The highest BCUT2D eigenvalue weighted by molar-refractivity contribution is 7.90. The van der Waals surface area contributed by atoms with Crippen LogP contribution >= 0.6 is 65.6 Å². The maximum Gasteiger partial charge on any atom is 0.355 e. The summed E-state index contributed by atoms with van der Waals surface area (Å²) in [6, 6.07) is 12.5. The average molecular weight is 1470 g/mol. The van der Waals surface area contributed by atoms with Crippen LogP contribution < -0.4 is 50.8 Å². The molecule has 4 amide bonds. The van der Waals surface area contributed by atoms with E-state index in [9.17, 15) is 54.9 Å². The highest BCUT2D eigenvalue weighted by atomic mass is 35.5. The predicted molar refractivity (Wildman–Crippen MR) is 340 cm³/mol. The van der Waals surface area contributed by atoms with Gasteiger partial charge in [0.15, 0.2) is 15.7 Å². The molecular weight excluding hydrogens is 1400 g/mol. The lowest BCUT2D eigenvalue weighted by molar-refractivity contribution is -0.142. The summed E-state index contributed by atoms with van der Waals surface area (Å²) in [4.78, 5) is 111. The van der Waals surface area contributed by atoms with Crippen LogP contribution in [0.25, 0.3) is 5.69 Å². The van der Waals surface area contributed by atoms with Gasteiger partial charge in [-0.05, 0) is 95.1 Å². The van der Waals surface area contributed by atoms with Gasteiger partial charge in [0.05, 0.1) is 57.0 Å². The molecule has 6 aromatic rings. The van der Waals surface area contributed by atoms with Crippen LogP contribution in [-0.2, 0) is 40.1 Å². The summed E-state index contributed by atoms with van der Waals surface area (Å²) >= 11 is 28.9. The molecule has 0 spiro atoms. The number of nitrogens with zero attached hydrogens (tertiary/aromatic N) is 11. The zero-order valence-electron chi connectivity index (χ0n) is 51.4. The molecule has 2 atom stereocenters. The Labute approximate surface area is 560 Å². The number of sulfonamides is 1. The monoisotopic (exact) mass is 1460 g/mol. The van der Waals surface area contributed by atoms with Crippen LogP contribution in [-0.4, -0.2) is 185 Å².